The van der Waals surface area contributed by atoms with Crippen molar-refractivity contribution >= 4 is 0 Å². The fourth-order valence-electron chi connectivity index (χ4n) is 2.51. The topological polar surface area (TPSA) is 30.9 Å². The summed E-state index contributed by atoms with van der Waals surface area (Å²) in [5.74, 6) is 9.03. The summed E-state index contributed by atoms with van der Waals surface area (Å²) in [5, 5.41) is 0. The lowest BCUT2D eigenvalue weighted by atomic mass is 9.99. The molecule has 120 valence electrons. The van der Waals surface area contributed by atoms with E-state index in [0.717, 1.165) is 25.6 Å². The van der Waals surface area contributed by atoms with Crippen LogP contribution in [0.25, 0.3) is 0 Å². The van der Waals surface area contributed by atoms with Crippen LogP contribution >= 0.6 is 0 Å². The van der Waals surface area contributed by atoms with Gasteiger partial charge in [-0.25, -0.2) is 0 Å². The fourth-order valence-corrected chi connectivity index (χ4v) is 2.51. The van der Waals surface area contributed by atoms with Crippen LogP contribution in [0.4, 0.5) is 0 Å². The Morgan fingerprint density at radius 1 is 1.09 bits per heavy atom. The SMILES string of the molecule is COc1cccc(OC)c1OCC#CCN1CCC(C)CC1. The maximum Gasteiger partial charge on any atom is 0.204 e. The summed E-state index contributed by atoms with van der Waals surface area (Å²) in [6, 6.07) is 5.56. The van der Waals surface area contributed by atoms with Gasteiger partial charge in [0.1, 0.15) is 6.61 Å². The van der Waals surface area contributed by atoms with E-state index in [4.69, 9.17) is 14.2 Å². The van der Waals surface area contributed by atoms with Gasteiger partial charge in [0.05, 0.1) is 20.8 Å². The molecule has 1 saturated heterocycles. The van der Waals surface area contributed by atoms with Crippen molar-refractivity contribution in [2.75, 3.05) is 40.5 Å². The van der Waals surface area contributed by atoms with Crippen LogP contribution in [0, 0.1) is 17.8 Å². The lowest BCUT2D eigenvalue weighted by Gasteiger charge is -2.28. The number of likely N-dealkylation sites (tertiary alicyclic amines) is 1. The molecule has 0 aliphatic carbocycles. The minimum Gasteiger partial charge on any atom is -0.493 e. The van der Waals surface area contributed by atoms with Crippen LogP contribution in [0.5, 0.6) is 17.2 Å². The lowest BCUT2D eigenvalue weighted by molar-refractivity contribution is 0.213. The van der Waals surface area contributed by atoms with Gasteiger partial charge in [0.2, 0.25) is 5.75 Å². The summed E-state index contributed by atoms with van der Waals surface area (Å²) in [6.07, 6.45) is 2.55. The molecule has 1 aromatic carbocycles. The van der Waals surface area contributed by atoms with E-state index in [1.807, 2.05) is 18.2 Å². The van der Waals surface area contributed by atoms with Gasteiger partial charge < -0.3 is 14.2 Å². The van der Waals surface area contributed by atoms with Crippen molar-refractivity contribution in [3.63, 3.8) is 0 Å². The van der Waals surface area contributed by atoms with Crippen LogP contribution in [0.1, 0.15) is 19.8 Å². The first kappa shape index (κ1) is 16.5. The zero-order valence-electron chi connectivity index (χ0n) is 13.7. The van der Waals surface area contributed by atoms with Crippen LogP contribution in [0.15, 0.2) is 18.2 Å². The van der Waals surface area contributed by atoms with E-state index in [1.54, 1.807) is 14.2 Å². The first-order valence-corrected chi connectivity index (χ1v) is 7.76. The molecular formula is C18H25NO3. The molecule has 0 amide bonds. The van der Waals surface area contributed by atoms with Gasteiger partial charge in [0.15, 0.2) is 11.5 Å². The predicted octanol–water partition coefficient (Wildman–Crippen LogP) is 2.82. The smallest absolute Gasteiger partial charge is 0.204 e. The van der Waals surface area contributed by atoms with E-state index in [0.29, 0.717) is 23.9 Å². The third kappa shape index (κ3) is 4.57. The highest BCUT2D eigenvalue weighted by molar-refractivity contribution is 5.51. The number of para-hydroxylation sites is 1. The maximum absolute atomic E-state index is 5.71. The molecule has 0 radical (unpaired) electrons. The summed E-state index contributed by atoms with van der Waals surface area (Å²) >= 11 is 0. The van der Waals surface area contributed by atoms with E-state index in [-0.39, 0.29) is 0 Å². The van der Waals surface area contributed by atoms with Crippen LogP contribution < -0.4 is 14.2 Å². The molecule has 1 aliphatic heterocycles. The molecule has 2 rings (SSSR count). The summed E-state index contributed by atoms with van der Waals surface area (Å²) in [5.41, 5.74) is 0. The molecule has 1 aliphatic rings. The normalized spacial score (nSPS) is 15.8. The van der Waals surface area contributed by atoms with Gasteiger partial charge >= 0.3 is 0 Å². The van der Waals surface area contributed by atoms with Gasteiger partial charge in [-0.15, -0.1) is 0 Å². The molecule has 22 heavy (non-hydrogen) atoms. The Bertz CT molecular complexity index is 503. The number of hydrogen-bond acceptors (Lipinski definition) is 4. The van der Waals surface area contributed by atoms with Gasteiger partial charge in [-0.1, -0.05) is 24.8 Å². The minimum atomic E-state index is 0.334. The summed E-state index contributed by atoms with van der Waals surface area (Å²) in [6.45, 7) is 5.77. The molecule has 4 heteroatoms. The van der Waals surface area contributed by atoms with Gasteiger partial charge in [-0.05, 0) is 44.0 Å². The van der Waals surface area contributed by atoms with Crippen molar-refractivity contribution in [2.24, 2.45) is 5.92 Å². The van der Waals surface area contributed by atoms with Crippen molar-refractivity contribution < 1.29 is 14.2 Å². The van der Waals surface area contributed by atoms with Crippen molar-refractivity contribution in [3.05, 3.63) is 18.2 Å². The summed E-state index contributed by atoms with van der Waals surface area (Å²) < 4.78 is 16.3. The van der Waals surface area contributed by atoms with Gasteiger partial charge in [0, 0.05) is 0 Å². The molecule has 0 aromatic heterocycles. The zero-order chi connectivity index (χ0) is 15.8. The Labute approximate surface area is 133 Å². The fraction of sp³-hybridized carbons (Fsp3) is 0.556. The number of rotatable bonds is 5. The Morgan fingerprint density at radius 3 is 2.32 bits per heavy atom. The molecule has 0 saturated carbocycles. The van der Waals surface area contributed by atoms with Gasteiger partial charge in [-0.3, -0.25) is 4.90 Å². The molecule has 0 atom stereocenters. The second-order valence-electron chi connectivity index (χ2n) is 5.59. The highest BCUT2D eigenvalue weighted by Gasteiger charge is 2.14. The molecule has 1 fully saturated rings. The average molecular weight is 303 g/mol. The molecule has 0 N–H and O–H groups in total. The largest absolute Gasteiger partial charge is 0.493 e. The summed E-state index contributed by atoms with van der Waals surface area (Å²) in [7, 11) is 3.23. The number of hydrogen-bond donors (Lipinski definition) is 0. The van der Waals surface area contributed by atoms with E-state index < -0.39 is 0 Å². The Balaban J connectivity index is 1.83. The van der Waals surface area contributed by atoms with E-state index in [1.165, 1.54) is 12.8 Å². The molecular weight excluding hydrogens is 278 g/mol. The van der Waals surface area contributed by atoms with Crippen LogP contribution in [0.2, 0.25) is 0 Å². The molecule has 0 unspecified atom stereocenters. The van der Waals surface area contributed by atoms with E-state index >= 15 is 0 Å². The highest BCUT2D eigenvalue weighted by Crippen LogP contribution is 2.36. The third-order valence-electron chi connectivity index (χ3n) is 3.98. The number of benzene rings is 1. The average Bonchev–Trinajstić information content (AvgIpc) is 2.56. The first-order chi connectivity index (χ1) is 10.7. The highest BCUT2D eigenvalue weighted by atomic mass is 16.5. The number of nitrogens with zero attached hydrogens (tertiary/aromatic N) is 1. The van der Waals surface area contributed by atoms with Gasteiger partial charge in [0.25, 0.3) is 0 Å². The first-order valence-electron chi connectivity index (χ1n) is 7.76. The van der Waals surface area contributed by atoms with Crippen molar-refractivity contribution in [1.29, 1.82) is 0 Å². The van der Waals surface area contributed by atoms with E-state index in [2.05, 4.69) is 23.7 Å². The minimum absolute atomic E-state index is 0.334. The zero-order valence-corrected chi connectivity index (χ0v) is 13.7. The second kappa shape index (κ2) is 8.55. The third-order valence-corrected chi connectivity index (χ3v) is 3.98. The lowest BCUT2D eigenvalue weighted by Crippen LogP contribution is -2.33. The molecule has 0 bridgehead atoms. The Morgan fingerprint density at radius 2 is 1.73 bits per heavy atom. The number of methoxy groups -OCH3 is 2. The monoisotopic (exact) mass is 303 g/mol. The molecule has 1 heterocycles. The number of piperidine rings is 1. The second-order valence-corrected chi connectivity index (χ2v) is 5.59. The summed E-state index contributed by atoms with van der Waals surface area (Å²) in [4.78, 5) is 2.40. The van der Waals surface area contributed by atoms with Gasteiger partial charge in [-0.2, -0.15) is 0 Å². The van der Waals surface area contributed by atoms with Crippen molar-refractivity contribution in [1.82, 2.24) is 4.90 Å². The molecule has 0 spiro atoms. The number of ether oxygens (including phenoxy) is 3. The molecule has 4 nitrogen and oxygen atoms in total. The van der Waals surface area contributed by atoms with Crippen LogP contribution in [-0.2, 0) is 0 Å². The van der Waals surface area contributed by atoms with E-state index in [9.17, 15) is 0 Å². The Kier molecular flexibility index (Phi) is 6.42. The predicted molar refractivity (Wildman–Crippen MR) is 87.7 cm³/mol. The molecule has 1 aromatic rings. The quantitative estimate of drug-likeness (QED) is 0.783. The van der Waals surface area contributed by atoms with Crippen LogP contribution in [-0.4, -0.2) is 45.4 Å². The van der Waals surface area contributed by atoms with Crippen molar-refractivity contribution in [2.45, 2.75) is 19.8 Å². The van der Waals surface area contributed by atoms with Crippen molar-refractivity contribution in [3.8, 4) is 29.1 Å². The maximum atomic E-state index is 5.71. The van der Waals surface area contributed by atoms with Crippen LogP contribution in [0.3, 0.4) is 0 Å². The standard InChI is InChI=1S/C18H25NO3/c1-15-9-12-19(13-10-15)11-4-5-14-22-18-16(20-2)7-6-8-17(18)21-3/h6-8,15H,9-14H2,1-3H3. The Hall–Kier alpha value is -1.86.